The lowest BCUT2D eigenvalue weighted by Gasteiger charge is -2.25. The van der Waals surface area contributed by atoms with E-state index in [4.69, 9.17) is 11.5 Å². The average Bonchev–Trinajstić information content (AvgIpc) is 2.27. The molecule has 0 spiro atoms. The third-order valence-electron chi connectivity index (χ3n) is 2.85. The molecule has 1 atom stereocenters. The third-order valence-corrected chi connectivity index (χ3v) is 3.40. The maximum absolute atomic E-state index is 11.5. The van der Waals surface area contributed by atoms with Gasteiger partial charge < -0.3 is 11.5 Å². The van der Waals surface area contributed by atoms with Gasteiger partial charge in [0.15, 0.2) is 0 Å². The fourth-order valence-electron chi connectivity index (χ4n) is 1.66. The number of nitrogens with two attached hydrogens (primary N) is 2. The summed E-state index contributed by atoms with van der Waals surface area (Å²) in [6, 6.07) is 4.90. The maximum atomic E-state index is 11.5. The molecule has 0 saturated carbocycles. The fraction of sp³-hybridized carbons (Fsp3) is 0.333. The van der Waals surface area contributed by atoms with Gasteiger partial charge in [-0.2, -0.15) is 12.6 Å². The highest BCUT2D eigenvalue weighted by Crippen LogP contribution is 2.34. The summed E-state index contributed by atoms with van der Waals surface area (Å²) in [6.07, 6.45) is 0.693. The van der Waals surface area contributed by atoms with Crippen LogP contribution in [0.5, 0.6) is 0 Å². The number of rotatable bonds is 4. The van der Waals surface area contributed by atoms with Crippen LogP contribution in [-0.2, 0) is 4.75 Å². The summed E-state index contributed by atoms with van der Waals surface area (Å²) >= 11 is 4.50. The van der Waals surface area contributed by atoms with Gasteiger partial charge in [-0.1, -0.05) is 19.1 Å². The number of carbonyl (C=O) groups excluding carboxylic acids is 2. The van der Waals surface area contributed by atoms with E-state index in [0.717, 1.165) is 0 Å². The molecule has 4 N–H and O–H groups in total. The number of amides is 2. The molecule has 17 heavy (non-hydrogen) atoms. The van der Waals surface area contributed by atoms with Crippen molar-refractivity contribution in [2.24, 2.45) is 11.5 Å². The zero-order valence-corrected chi connectivity index (χ0v) is 10.8. The number of benzene rings is 1. The number of hydrogen-bond acceptors (Lipinski definition) is 3. The van der Waals surface area contributed by atoms with Crippen LogP contribution in [0.2, 0.25) is 0 Å². The second-order valence-corrected chi connectivity index (χ2v) is 5.07. The zero-order valence-electron chi connectivity index (χ0n) is 9.86. The van der Waals surface area contributed by atoms with Crippen molar-refractivity contribution in [2.45, 2.75) is 25.0 Å². The molecular weight excluding hydrogens is 236 g/mol. The molecule has 0 fully saturated rings. The van der Waals surface area contributed by atoms with Crippen LogP contribution in [0, 0.1) is 0 Å². The van der Waals surface area contributed by atoms with Crippen molar-refractivity contribution < 1.29 is 9.59 Å². The maximum Gasteiger partial charge on any atom is 0.249 e. The molecule has 0 aromatic heterocycles. The molecule has 0 aliphatic carbocycles. The minimum atomic E-state index is -0.666. The van der Waals surface area contributed by atoms with Crippen molar-refractivity contribution in [1.82, 2.24) is 0 Å². The van der Waals surface area contributed by atoms with Crippen LogP contribution in [0.15, 0.2) is 18.2 Å². The van der Waals surface area contributed by atoms with Gasteiger partial charge in [0.25, 0.3) is 0 Å². The number of hydrogen-bond donors (Lipinski definition) is 3. The predicted octanol–water partition coefficient (Wildman–Crippen LogP) is 1.44. The van der Waals surface area contributed by atoms with Crippen molar-refractivity contribution in [3.63, 3.8) is 0 Å². The minimum absolute atomic E-state index is 0.142. The third kappa shape index (κ3) is 2.61. The summed E-state index contributed by atoms with van der Waals surface area (Å²) in [5.41, 5.74) is 11.5. The van der Waals surface area contributed by atoms with Gasteiger partial charge in [0, 0.05) is 4.75 Å². The van der Waals surface area contributed by atoms with Crippen LogP contribution < -0.4 is 11.5 Å². The van der Waals surface area contributed by atoms with Gasteiger partial charge in [0.2, 0.25) is 11.8 Å². The number of thiol groups is 1. The quantitative estimate of drug-likeness (QED) is 0.708. The standard InChI is InChI=1S/C12H16N2O2S/c1-3-12(2,17)8-6-4-5-7(10(13)15)9(8)11(14)16/h4-6,17H,3H2,1-2H3,(H2,13,15)(H2,14,16). The highest BCUT2D eigenvalue weighted by molar-refractivity contribution is 7.81. The van der Waals surface area contributed by atoms with E-state index in [-0.39, 0.29) is 11.1 Å². The Morgan fingerprint density at radius 2 is 1.88 bits per heavy atom. The molecule has 1 unspecified atom stereocenters. The van der Waals surface area contributed by atoms with Crippen LogP contribution in [0.4, 0.5) is 0 Å². The Morgan fingerprint density at radius 1 is 1.29 bits per heavy atom. The normalized spacial score (nSPS) is 14.1. The average molecular weight is 252 g/mol. The molecule has 0 heterocycles. The van der Waals surface area contributed by atoms with Crippen molar-refractivity contribution in [2.75, 3.05) is 0 Å². The first-order chi connectivity index (χ1) is 7.81. The Morgan fingerprint density at radius 3 is 2.29 bits per heavy atom. The first-order valence-corrected chi connectivity index (χ1v) is 5.71. The van der Waals surface area contributed by atoms with E-state index in [9.17, 15) is 9.59 Å². The first kappa shape index (κ1) is 13.6. The van der Waals surface area contributed by atoms with E-state index in [1.165, 1.54) is 6.07 Å². The minimum Gasteiger partial charge on any atom is -0.366 e. The highest BCUT2D eigenvalue weighted by atomic mass is 32.1. The number of carbonyl (C=O) groups is 2. The zero-order chi connectivity index (χ0) is 13.2. The number of primary amides is 2. The lowest BCUT2D eigenvalue weighted by molar-refractivity contribution is 0.0966. The lowest BCUT2D eigenvalue weighted by Crippen LogP contribution is -2.26. The summed E-state index contributed by atoms with van der Waals surface area (Å²) in [5, 5.41) is 0. The molecule has 0 radical (unpaired) electrons. The summed E-state index contributed by atoms with van der Waals surface area (Å²) < 4.78 is -0.532. The van der Waals surface area contributed by atoms with Crippen molar-refractivity contribution in [1.29, 1.82) is 0 Å². The first-order valence-electron chi connectivity index (χ1n) is 5.26. The summed E-state index contributed by atoms with van der Waals surface area (Å²) in [4.78, 5) is 22.8. The van der Waals surface area contributed by atoms with Crippen molar-refractivity contribution in [3.8, 4) is 0 Å². The molecule has 1 aromatic carbocycles. The molecule has 0 aliphatic heterocycles. The topological polar surface area (TPSA) is 86.2 Å². The molecule has 1 aromatic rings. The Bertz CT molecular complexity index is 470. The molecule has 1 rings (SSSR count). The fourth-order valence-corrected chi connectivity index (χ4v) is 1.85. The smallest absolute Gasteiger partial charge is 0.249 e. The van der Waals surface area contributed by atoms with Crippen LogP contribution in [0.3, 0.4) is 0 Å². The van der Waals surface area contributed by atoms with Gasteiger partial charge in [0.1, 0.15) is 0 Å². The van der Waals surface area contributed by atoms with Crippen molar-refractivity contribution >= 4 is 24.4 Å². The Balaban J connectivity index is 3.57. The van der Waals surface area contributed by atoms with E-state index in [1.807, 2.05) is 13.8 Å². The molecule has 0 aliphatic rings. The van der Waals surface area contributed by atoms with Gasteiger partial charge in [0.05, 0.1) is 11.1 Å². The Kier molecular flexibility index (Phi) is 3.83. The molecular formula is C12H16N2O2S. The van der Waals surface area contributed by atoms with Crippen LogP contribution in [0.1, 0.15) is 46.5 Å². The largest absolute Gasteiger partial charge is 0.366 e. The van der Waals surface area contributed by atoms with Gasteiger partial charge in [-0.05, 0) is 25.0 Å². The lowest BCUT2D eigenvalue weighted by atomic mass is 9.89. The molecule has 0 bridgehead atoms. The Hall–Kier alpha value is -1.49. The monoisotopic (exact) mass is 252 g/mol. The van der Waals surface area contributed by atoms with Gasteiger partial charge in [-0.25, -0.2) is 0 Å². The van der Waals surface area contributed by atoms with Crippen LogP contribution in [-0.4, -0.2) is 11.8 Å². The van der Waals surface area contributed by atoms with E-state index < -0.39 is 16.6 Å². The van der Waals surface area contributed by atoms with E-state index in [2.05, 4.69) is 12.6 Å². The molecule has 5 heteroatoms. The summed E-state index contributed by atoms with van der Waals surface area (Å²) in [7, 11) is 0. The van der Waals surface area contributed by atoms with Gasteiger partial charge in [-0.15, -0.1) is 0 Å². The van der Waals surface area contributed by atoms with E-state index in [1.54, 1.807) is 12.1 Å². The summed E-state index contributed by atoms with van der Waals surface area (Å²) in [5.74, 6) is -1.33. The van der Waals surface area contributed by atoms with Crippen LogP contribution in [0.25, 0.3) is 0 Å². The second kappa shape index (κ2) is 4.79. The van der Waals surface area contributed by atoms with Crippen LogP contribution >= 0.6 is 12.6 Å². The van der Waals surface area contributed by atoms with E-state index >= 15 is 0 Å². The van der Waals surface area contributed by atoms with Crippen molar-refractivity contribution in [3.05, 3.63) is 34.9 Å². The molecule has 4 nitrogen and oxygen atoms in total. The SMILES string of the molecule is CCC(C)(S)c1cccc(C(N)=O)c1C(N)=O. The van der Waals surface area contributed by atoms with E-state index in [0.29, 0.717) is 12.0 Å². The van der Waals surface area contributed by atoms with Gasteiger partial charge >= 0.3 is 0 Å². The Labute approximate surface area is 106 Å². The second-order valence-electron chi connectivity index (χ2n) is 4.08. The highest BCUT2D eigenvalue weighted by Gasteiger charge is 2.27. The molecule has 92 valence electrons. The summed E-state index contributed by atoms with van der Waals surface area (Å²) in [6.45, 7) is 3.80. The molecule has 0 saturated heterocycles. The molecule has 2 amide bonds. The predicted molar refractivity (Wildman–Crippen MR) is 70.1 cm³/mol. The van der Waals surface area contributed by atoms with Gasteiger partial charge in [-0.3, -0.25) is 9.59 Å².